The van der Waals surface area contributed by atoms with Crippen LogP contribution >= 0.6 is 0 Å². The van der Waals surface area contributed by atoms with Crippen LogP contribution in [0.25, 0.3) is 0 Å². The molecule has 2 rings (SSSR count). The number of benzene rings is 2. The van der Waals surface area contributed by atoms with E-state index in [1.165, 1.54) is 12.1 Å². The number of amides is 2. The lowest BCUT2D eigenvalue weighted by Crippen LogP contribution is -3.11. The molecule has 8 nitrogen and oxygen atoms in total. The monoisotopic (exact) mass is 399 g/mol. The molecular formula is C21H27N4O4+. The number of likely N-dealkylation sites (N-methyl/N-ethyl adjacent to an activating group) is 1. The first-order chi connectivity index (χ1) is 13.6. The van der Waals surface area contributed by atoms with E-state index in [1.807, 2.05) is 32.9 Å². The summed E-state index contributed by atoms with van der Waals surface area (Å²) >= 11 is 0. The van der Waals surface area contributed by atoms with Crippen molar-refractivity contribution in [3.05, 3.63) is 62.7 Å². The highest BCUT2D eigenvalue weighted by atomic mass is 16.6. The number of anilines is 2. The van der Waals surface area contributed by atoms with Gasteiger partial charge in [-0.2, -0.15) is 0 Å². The molecular weight excluding hydrogens is 372 g/mol. The second-order valence-corrected chi connectivity index (χ2v) is 7.44. The molecule has 0 saturated heterocycles. The lowest BCUT2D eigenvalue weighted by molar-refractivity contribution is -0.862. The number of nitro benzene ring substituents is 1. The largest absolute Gasteiger partial charge is 0.322 e. The number of nitro groups is 1. The second-order valence-electron chi connectivity index (χ2n) is 7.44. The average Bonchev–Trinajstić information content (AvgIpc) is 2.59. The fraction of sp³-hybridized carbons (Fsp3) is 0.333. The molecule has 1 unspecified atom stereocenters. The maximum Gasteiger partial charge on any atom is 0.279 e. The quantitative estimate of drug-likeness (QED) is 0.488. The van der Waals surface area contributed by atoms with Crippen LogP contribution in [0.4, 0.5) is 17.1 Å². The highest BCUT2D eigenvalue weighted by Gasteiger charge is 2.17. The molecule has 8 heteroatoms. The number of carbonyl (C=O) groups excluding carboxylic acids is 2. The summed E-state index contributed by atoms with van der Waals surface area (Å²) in [6.07, 6.45) is 0. The van der Waals surface area contributed by atoms with Crippen LogP contribution in [-0.2, 0) is 9.59 Å². The summed E-state index contributed by atoms with van der Waals surface area (Å²) < 4.78 is 0. The summed E-state index contributed by atoms with van der Waals surface area (Å²) in [5, 5.41) is 16.5. The van der Waals surface area contributed by atoms with E-state index in [-0.39, 0.29) is 30.6 Å². The Morgan fingerprint density at radius 2 is 1.48 bits per heavy atom. The number of quaternary nitrogens is 1. The first kappa shape index (κ1) is 22.0. The molecule has 0 aromatic heterocycles. The highest BCUT2D eigenvalue weighted by Crippen LogP contribution is 2.22. The van der Waals surface area contributed by atoms with Gasteiger partial charge >= 0.3 is 0 Å². The number of hydrogen-bond donors (Lipinski definition) is 3. The van der Waals surface area contributed by atoms with Crippen LogP contribution in [0.3, 0.4) is 0 Å². The lowest BCUT2D eigenvalue weighted by atomic mass is 10.1. The van der Waals surface area contributed by atoms with Gasteiger partial charge in [-0.05, 0) is 44.4 Å². The average molecular weight is 399 g/mol. The summed E-state index contributed by atoms with van der Waals surface area (Å²) in [7, 11) is 1.74. The van der Waals surface area contributed by atoms with Crippen molar-refractivity contribution in [3.8, 4) is 0 Å². The fourth-order valence-corrected chi connectivity index (χ4v) is 3.22. The molecule has 0 aliphatic rings. The molecule has 29 heavy (non-hydrogen) atoms. The Morgan fingerprint density at radius 1 is 0.931 bits per heavy atom. The van der Waals surface area contributed by atoms with Crippen molar-refractivity contribution in [2.75, 3.05) is 30.8 Å². The maximum atomic E-state index is 12.4. The summed E-state index contributed by atoms with van der Waals surface area (Å²) in [5.74, 6) is -0.501. The Balaban J connectivity index is 1.94. The van der Waals surface area contributed by atoms with E-state index in [1.54, 1.807) is 20.0 Å². The molecule has 0 heterocycles. The zero-order valence-corrected chi connectivity index (χ0v) is 17.4. The minimum absolute atomic E-state index is 0.0570. The third-order valence-corrected chi connectivity index (χ3v) is 4.57. The van der Waals surface area contributed by atoms with Crippen molar-refractivity contribution in [1.29, 1.82) is 0 Å². The van der Waals surface area contributed by atoms with Crippen LogP contribution < -0.4 is 15.5 Å². The molecule has 0 saturated carbocycles. The van der Waals surface area contributed by atoms with E-state index in [9.17, 15) is 19.7 Å². The number of nitrogens with zero attached hydrogens (tertiary/aromatic N) is 1. The van der Waals surface area contributed by atoms with E-state index in [0.717, 1.165) is 27.9 Å². The number of non-ortho nitro benzene ring substituents is 1. The first-order valence-corrected chi connectivity index (χ1v) is 9.30. The molecule has 0 aliphatic carbocycles. The Labute approximate surface area is 170 Å². The summed E-state index contributed by atoms with van der Waals surface area (Å²) in [5.41, 5.74) is 4.95. The molecule has 3 N–H and O–H groups in total. The number of nitrogens with one attached hydrogen (secondary N) is 3. The van der Waals surface area contributed by atoms with Gasteiger partial charge < -0.3 is 15.5 Å². The van der Waals surface area contributed by atoms with Gasteiger partial charge in [0.05, 0.1) is 17.7 Å². The third kappa shape index (κ3) is 6.11. The van der Waals surface area contributed by atoms with Gasteiger partial charge in [-0.1, -0.05) is 23.8 Å². The van der Waals surface area contributed by atoms with E-state index < -0.39 is 4.92 Å². The predicted octanol–water partition coefficient (Wildman–Crippen LogP) is 1.92. The van der Waals surface area contributed by atoms with E-state index in [4.69, 9.17) is 0 Å². The van der Waals surface area contributed by atoms with Gasteiger partial charge in [0.15, 0.2) is 13.1 Å². The van der Waals surface area contributed by atoms with Crippen molar-refractivity contribution in [1.82, 2.24) is 0 Å². The van der Waals surface area contributed by atoms with Crippen LogP contribution in [0.2, 0.25) is 0 Å². The molecule has 154 valence electrons. The molecule has 2 aromatic rings. The van der Waals surface area contributed by atoms with Crippen LogP contribution in [0.5, 0.6) is 0 Å². The van der Waals surface area contributed by atoms with Crippen LogP contribution in [0, 0.1) is 37.8 Å². The Morgan fingerprint density at radius 3 is 2.03 bits per heavy atom. The molecule has 0 bridgehead atoms. The van der Waals surface area contributed by atoms with Gasteiger partial charge in [0.25, 0.3) is 17.5 Å². The topological polar surface area (TPSA) is 106 Å². The van der Waals surface area contributed by atoms with Gasteiger partial charge in [0, 0.05) is 17.8 Å². The molecule has 0 fully saturated rings. The van der Waals surface area contributed by atoms with Gasteiger partial charge in [-0.15, -0.1) is 0 Å². The van der Waals surface area contributed by atoms with Gasteiger partial charge in [0.2, 0.25) is 0 Å². The van der Waals surface area contributed by atoms with Crippen LogP contribution in [-0.4, -0.2) is 36.9 Å². The van der Waals surface area contributed by atoms with E-state index in [2.05, 4.69) is 10.6 Å². The van der Waals surface area contributed by atoms with E-state index in [0.29, 0.717) is 10.6 Å². The lowest BCUT2D eigenvalue weighted by Gasteiger charge is -2.16. The Kier molecular flexibility index (Phi) is 7.06. The number of rotatable bonds is 7. The molecule has 2 amide bonds. The molecule has 0 aliphatic heterocycles. The molecule has 2 aromatic carbocycles. The summed E-state index contributed by atoms with van der Waals surface area (Å²) in [4.78, 5) is 35.8. The van der Waals surface area contributed by atoms with Crippen LogP contribution in [0.15, 0.2) is 30.3 Å². The minimum atomic E-state index is -0.508. The second kappa shape index (κ2) is 9.29. The van der Waals surface area contributed by atoms with Crippen molar-refractivity contribution in [3.63, 3.8) is 0 Å². The van der Waals surface area contributed by atoms with Crippen molar-refractivity contribution >= 4 is 28.9 Å². The zero-order valence-electron chi connectivity index (χ0n) is 17.4. The molecule has 0 radical (unpaired) electrons. The molecule has 1 atom stereocenters. The van der Waals surface area contributed by atoms with E-state index >= 15 is 0 Å². The zero-order chi connectivity index (χ0) is 21.7. The first-order valence-electron chi connectivity index (χ1n) is 9.30. The standard InChI is InChI=1S/C21H26N4O4/c1-13-8-15(3)21(16(4)9-13)23-20(27)12-24(5)11-19(26)22-18-10-17(25(28)29)7-6-14(18)2/h6-10H,11-12H2,1-5H3,(H,22,26)(H,23,27)/p+1. The minimum Gasteiger partial charge on any atom is -0.322 e. The Hall–Kier alpha value is -3.26. The third-order valence-electron chi connectivity index (χ3n) is 4.57. The molecule has 0 spiro atoms. The summed E-state index contributed by atoms with van der Waals surface area (Å²) in [6.45, 7) is 7.83. The maximum absolute atomic E-state index is 12.4. The Bertz CT molecular complexity index is 933. The SMILES string of the molecule is Cc1cc(C)c(NC(=O)C[NH+](C)CC(=O)Nc2cc([N+](=O)[O-])ccc2C)c(C)c1. The van der Waals surface area contributed by atoms with Gasteiger partial charge in [-0.25, -0.2) is 0 Å². The predicted molar refractivity (Wildman–Crippen MR) is 112 cm³/mol. The van der Waals surface area contributed by atoms with Crippen LogP contribution in [0.1, 0.15) is 22.3 Å². The van der Waals surface area contributed by atoms with Crippen molar-refractivity contribution < 1.29 is 19.4 Å². The number of aryl methyl sites for hydroxylation is 4. The normalized spacial score (nSPS) is 11.6. The fourth-order valence-electron chi connectivity index (χ4n) is 3.22. The number of carbonyl (C=O) groups is 2. The van der Waals surface area contributed by atoms with Gasteiger partial charge in [0.1, 0.15) is 0 Å². The van der Waals surface area contributed by atoms with Crippen molar-refractivity contribution in [2.24, 2.45) is 0 Å². The highest BCUT2D eigenvalue weighted by molar-refractivity contribution is 5.94. The smallest absolute Gasteiger partial charge is 0.279 e. The van der Waals surface area contributed by atoms with Crippen molar-refractivity contribution in [2.45, 2.75) is 27.7 Å². The van der Waals surface area contributed by atoms with Gasteiger partial charge in [-0.3, -0.25) is 19.7 Å². The summed E-state index contributed by atoms with van der Waals surface area (Å²) in [6, 6.07) is 8.33. The number of hydrogen-bond acceptors (Lipinski definition) is 4.